The van der Waals surface area contributed by atoms with Crippen molar-refractivity contribution in [1.29, 1.82) is 0 Å². The van der Waals surface area contributed by atoms with Gasteiger partial charge in [0.25, 0.3) is 5.91 Å². The number of benzene rings is 1. The summed E-state index contributed by atoms with van der Waals surface area (Å²) >= 11 is 1.17. The Morgan fingerprint density at radius 1 is 1.23 bits per heavy atom. The molecule has 1 aliphatic heterocycles. The molecule has 0 N–H and O–H groups in total. The van der Waals surface area contributed by atoms with E-state index in [1.54, 1.807) is 0 Å². The van der Waals surface area contributed by atoms with Crippen LogP contribution in [-0.4, -0.2) is 42.8 Å². The average molecular weight is 369 g/mol. The van der Waals surface area contributed by atoms with Gasteiger partial charge in [-0.1, -0.05) is 5.16 Å². The predicted molar refractivity (Wildman–Crippen MR) is 96.0 cm³/mol. The molecular weight excluding hydrogens is 350 g/mol. The zero-order valence-electron chi connectivity index (χ0n) is 14.3. The van der Waals surface area contributed by atoms with Gasteiger partial charge in [0.15, 0.2) is 5.82 Å². The molecule has 26 heavy (non-hydrogen) atoms. The molecule has 1 aromatic carbocycles. The fourth-order valence-corrected chi connectivity index (χ4v) is 4.14. The summed E-state index contributed by atoms with van der Waals surface area (Å²) in [5, 5.41) is 4.09. The normalized spacial score (nSPS) is 20.6. The summed E-state index contributed by atoms with van der Waals surface area (Å²) in [5.41, 5.74) is 2.30. The number of rotatable bonds is 4. The van der Waals surface area contributed by atoms with E-state index in [9.17, 15) is 4.79 Å². The molecule has 5 rings (SSSR count). The predicted octanol–water partition coefficient (Wildman–Crippen LogP) is 3.05. The summed E-state index contributed by atoms with van der Waals surface area (Å²) in [6.07, 6.45) is 5.17. The van der Waals surface area contributed by atoms with Crippen molar-refractivity contribution < 1.29 is 9.32 Å². The number of piperidine rings is 1. The van der Waals surface area contributed by atoms with Crippen LogP contribution in [0.2, 0.25) is 0 Å². The summed E-state index contributed by atoms with van der Waals surface area (Å²) in [5.74, 6) is 2.50. The minimum absolute atomic E-state index is 0.0637. The maximum absolute atomic E-state index is 12.9. The maximum Gasteiger partial charge on any atom is 0.253 e. The van der Waals surface area contributed by atoms with Crippen LogP contribution < -0.4 is 0 Å². The largest absolute Gasteiger partial charge is 0.339 e. The van der Waals surface area contributed by atoms with Gasteiger partial charge in [0.1, 0.15) is 11.0 Å². The number of nitrogens with zero attached hydrogens (tertiary/aromatic N) is 5. The van der Waals surface area contributed by atoms with E-state index >= 15 is 0 Å². The molecule has 134 valence electrons. The lowest BCUT2D eigenvalue weighted by atomic mass is 9.94. The molecule has 2 aliphatic rings. The van der Waals surface area contributed by atoms with Crippen LogP contribution in [0.1, 0.15) is 53.7 Å². The number of fused-ring (bicyclic) bond motifs is 1. The Balaban J connectivity index is 1.27. The fourth-order valence-electron chi connectivity index (χ4n) is 3.62. The van der Waals surface area contributed by atoms with Gasteiger partial charge in [0, 0.05) is 31.0 Å². The lowest BCUT2D eigenvalue weighted by Gasteiger charge is -2.32. The summed E-state index contributed by atoms with van der Waals surface area (Å²) in [7, 11) is 0. The third kappa shape index (κ3) is 3.09. The van der Waals surface area contributed by atoms with Gasteiger partial charge >= 0.3 is 0 Å². The molecule has 0 radical (unpaired) electrons. The Kier molecular flexibility index (Phi) is 3.92. The first-order valence-corrected chi connectivity index (χ1v) is 9.83. The number of hydrogen-bond acceptors (Lipinski definition) is 7. The topological polar surface area (TPSA) is 85.0 Å². The molecule has 8 heteroatoms. The SMILES string of the molecule is O=C(c1ccc2nsnc2c1)N1CCC[C@@H](Cc2nc(C3CC3)no2)C1. The van der Waals surface area contributed by atoms with Crippen molar-refractivity contribution in [3.05, 3.63) is 35.5 Å². The number of hydrogen-bond donors (Lipinski definition) is 0. The molecule has 1 atom stereocenters. The van der Waals surface area contributed by atoms with E-state index in [0.29, 0.717) is 23.3 Å². The van der Waals surface area contributed by atoms with Crippen molar-refractivity contribution in [3.63, 3.8) is 0 Å². The van der Waals surface area contributed by atoms with Crippen LogP contribution in [-0.2, 0) is 6.42 Å². The third-order valence-electron chi connectivity index (χ3n) is 5.20. The molecule has 1 amide bonds. The summed E-state index contributed by atoms with van der Waals surface area (Å²) in [6.45, 7) is 1.52. The molecule has 0 unspecified atom stereocenters. The molecule has 7 nitrogen and oxygen atoms in total. The smallest absolute Gasteiger partial charge is 0.253 e. The number of likely N-dealkylation sites (tertiary alicyclic amines) is 1. The Bertz CT molecular complexity index is 948. The maximum atomic E-state index is 12.9. The first kappa shape index (κ1) is 15.9. The summed E-state index contributed by atoms with van der Waals surface area (Å²) < 4.78 is 13.8. The lowest BCUT2D eigenvalue weighted by molar-refractivity contribution is 0.0668. The van der Waals surface area contributed by atoms with Gasteiger partial charge in [-0.25, -0.2) is 0 Å². The second-order valence-corrected chi connectivity index (χ2v) is 7.78. The van der Waals surface area contributed by atoms with Gasteiger partial charge in [-0.3, -0.25) is 4.79 Å². The van der Waals surface area contributed by atoms with E-state index < -0.39 is 0 Å². The highest BCUT2D eigenvalue weighted by molar-refractivity contribution is 7.00. The Hall–Kier alpha value is -2.35. The zero-order chi connectivity index (χ0) is 17.5. The Morgan fingerprint density at radius 3 is 3.00 bits per heavy atom. The monoisotopic (exact) mass is 369 g/mol. The first-order chi connectivity index (χ1) is 12.8. The molecule has 1 aliphatic carbocycles. The van der Waals surface area contributed by atoms with Crippen molar-refractivity contribution >= 4 is 28.7 Å². The van der Waals surface area contributed by atoms with Gasteiger partial charge in [-0.05, 0) is 49.8 Å². The van der Waals surface area contributed by atoms with Gasteiger partial charge in [-0.15, -0.1) is 0 Å². The van der Waals surface area contributed by atoms with Crippen LogP contribution in [0.15, 0.2) is 22.7 Å². The summed E-state index contributed by atoms with van der Waals surface area (Å²) in [4.78, 5) is 19.4. The highest BCUT2D eigenvalue weighted by Gasteiger charge is 2.30. The lowest BCUT2D eigenvalue weighted by Crippen LogP contribution is -2.40. The van der Waals surface area contributed by atoms with E-state index in [-0.39, 0.29) is 5.91 Å². The third-order valence-corrected chi connectivity index (χ3v) is 5.75. The number of aromatic nitrogens is 4. The van der Waals surface area contributed by atoms with Crippen LogP contribution in [0.5, 0.6) is 0 Å². The van der Waals surface area contributed by atoms with Crippen LogP contribution in [0, 0.1) is 5.92 Å². The van der Waals surface area contributed by atoms with E-state index in [1.165, 1.54) is 24.6 Å². The average Bonchev–Trinajstić information content (AvgIpc) is 3.23. The van der Waals surface area contributed by atoms with Gasteiger partial charge in [0.2, 0.25) is 5.89 Å². The molecule has 2 fully saturated rings. The molecule has 3 aromatic rings. The minimum atomic E-state index is 0.0637. The highest BCUT2D eigenvalue weighted by atomic mass is 32.1. The Morgan fingerprint density at radius 2 is 2.12 bits per heavy atom. The Labute approximate surface area is 154 Å². The second kappa shape index (κ2) is 6.42. The number of carbonyl (C=O) groups excluding carboxylic acids is 1. The van der Waals surface area contributed by atoms with Crippen LogP contribution in [0.4, 0.5) is 0 Å². The van der Waals surface area contributed by atoms with E-state index in [4.69, 9.17) is 4.52 Å². The van der Waals surface area contributed by atoms with Gasteiger partial charge in [-0.2, -0.15) is 13.7 Å². The molecular formula is C18H19N5O2S. The van der Waals surface area contributed by atoms with Crippen LogP contribution >= 0.6 is 11.7 Å². The molecule has 3 heterocycles. The quantitative estimate of drug-likeness (QED) is 0.703. The molecule has 0 spiro atoms. The van der Waals surface area contributed by atoms with Crippen molar-refractivity contribution in [2.75, 3.05) is 13.1 Å². The first-order valence-electron chi connectivity index (χ1n) is 9.10. The van der Waals surface area contributed by atoms with Crippen molar-refractivity contribution in [2.24, 2.45) is 5.92 Å². The van der Waals surface area contributed by atoms with Crippen LogP contribution in [0.25, 0.3) is 11.0 Å². The standard InChI is InChI=1S/C18H19N5O2S/c24-18(13-5-6-14-15(9-13)22-26-21-14)23-7-1-2-11(10-23)8-16-19-17(20-25-16)12-3-4-12/h5-6,9,11-12H,1-4,7-8,10H2/t11-/m0/s1. The van der Waals surface area contributed by atoms with Crippen molar-refractivity contribution in [1.82, 2.24) is 23.8 Å². The van der Waals surface area contributed by atoms with Crippen molar-refractivity contribution in [2.45, 2.75) is 38.0 Å². The second-order valence-electron chi connectivity index (χ2n) is 7.25. The van der Waals surface area contributed by atoms with Crippen LogP contribution in [0.3, 0.4) is 0 Å². The minimum Gasteiger partial charge on any atom is -0.339 e. The van der Waals surface area contributed by atoms with E-state index in [0.717, 1.165) is 49.2 Å². The molecule has 1 saturated heterocycles. The van der Waals surface area contributed by atoms with E-state index in [1.807, 2.05) is 23.1 Å². The molecule has 2 aromatic heterocycles. The zero-order valence-corrected chi connectivity index (χ0v) is 15.1. The van der Waals surface area contributed by atoms with E-state index in [2.05, 4.69) is 18.9 Å². The number of amides is 1. The highest BCUT2D eigenvalue weighted by Crippen LogP contribution is 2.38. The fraction of sp³-hybridized carbons (Fsp3) is 0.500. The molecule has 1 saturated carbocycles. The van der Waals surface area contributed by atoms with Crippen molar-refractivity contribution in [3.8, 4) is 0 Å². The van der Waals surface area contributed by atoms with Gasteiger partial charge in [0.05, 0.1) is 11.7 Å². The van der Waals surface area contributed by atoms with Gasteiger partial charge < -0.3 is 9.42 Å². The number of carbonyl (C=O) groups is 1. The molecule has 0 bridgehead atoms. The summed E-state index contributed by atoms with van der Waals surface area (Å²) in [6, 6.07) is 5.55.